The summed E-state index contributed by atoms with van der Waals surface area (Å²) in [5.41, 5.74) is 1.13. The smallest absolute Gasteiger partial charge is 0.220 e. The van der Waals surface area contributed by atoms with Crippen LogP contribution in [0.25, 0.3) is 0 Å². The van der Waals surface area contributed by atoms with Gasteiger partial charge in [-0.2, -0.15) is 5.10 Å². The van der Waals surface area contributed by atoms with Crippen LogP contribution >= 0.6 is 11.6 Å². The van der Waals surface area contributed by atoms with Crippen LogP contribution in [0.5, 0.6) is 0 Å². The Morgan fingerprint density at radius 2 is 2.47 bits per heavy atom. The fourth-order valence-corrected chi connectivity index (χ4v) is 1.35. The second-order valence-electron chi connectivity index (χ2n) is 3.42. The predicted octanol–water partition coefficient (Wildman–Crippen LogP) is 1.33. The van der Waals surface area contributed by atoms with Crippen molar-refractivity contribution < 1.29 is 4.79 Å². The van der Waals surface area contributed by atoms with Gasteiger partial charge < -0.3 is 5.32 Å². The first-order chi connectivity index (χ1) is 7.22. The van der Waals surface area contributed by atoms with E-state index in [9.17, 15) is 4.79 Å². The van der Waals surface area contributed by atoms with Crippen LogP contribution in [-0.4, -0.2) is 28.1 Å². The van der Waals surface area contributed by atoms with Gasteiger partial charge in [0, 0.05) is 25.0 Å². The minimum Gasteiger partial charge on any atom is -0.354 e. The highest BCUT2D eigenvalue weighted by Crippen LogP contribution is 1.94. The van der Waals surface area contributed by atoms with Crippen molar-refractivity contribution in [3.8, 4) is 0 Å². The standard InChI is InChI=1S/C10H16ClN3O/c1-9-7-13-14(8-9)6-5-12-10(15)3-2-4-11/h7-8H,2-6H2,1H3,(H,12,15). The molecule has 1 heterocycles. The van der Waals surface area contributed by atoms with Gasteiger partial charge in [-0.1, -0.05) is 0 Å². The van der Waals surface area contributed by atoms with Crippen LogP contribution in [-0.2, 0) is 11.3 Å². The molecular weight excluding hydrogens is 214 g/mol. The third-order valence-corrected chi connectivity index (χ3v) is 2.23. The Morgan fingerprint density at radius 1 is 1.67 bits per heavy atom. The van der Waals surface area contributed by atoms with Crippen molar-refractivity contribution in [3.63, 3.8) is 0 Å². The lowest BCUT2D eigenvalue weighted by molar-refractivity contribution is -0.121. The molecule has 0 radical (unpaired) electrons. The van der Waals surface area contributed by atoms with E-state index in [1.54, 1.807) is 6.20 Å². The molecule has 0 saturated carbocycles. The van der Waals surface area contributed by atoms with E-state index in [4.69, 9.17) is 11.6 Å². The number of hydrogen-bond donors (Lipinski definition) is 1. The predicted molar refractivity (Wildman–Crippen MR) is 59.9 cm³/mol. The van der Waals surface area contributed by atoms with E-state index in [0.29, 0.717) is 25.4 Å². The van der Waals surface area contributed by atoms with Crippen molar-refractivity contribution in [2.45, 2.75) is 26.3 Å². The first-order valence-electron chi connectivity index (χ1n) is 5.04. The first kappa shape index (κ1) is 12.0. The quantitative estimate of drug-likeness (QED) is 0.749. The van der Waals surface area contributed by atoms with Crippen LogP contribution in [0, 0.1) is 6.92 Å². The molecule has 4 nitrogen and oxygen atoms in total. The molecule has 0 saturated heterocycles. The van der Waals surface area contributed by atoms with Crippen LogP contribution in [0.15, 0.2) is 12.4 Å². The number of rotatable bonds is 6. The van der Waals surface area contributed by atoms with E-state index in [0.717, 1.165) is 12.0 Å². The zero-order valence-electron chi connectivity index (χ0n) is 8.87. The van der Waals surface area contributed by atoms with Gasteiger partial charge in [0.05, 0.1) is 12.7 Å². The maximum absolute atomic E-state index is 11.2. The van der Waals surface area contributed by atoms with E-state index >= 15 is 0 Å². The van der Waals surface area contributed by atoms with Crippen LogP contribution in [0.1, 0.15) is 18.4 Å². The third-order valence-electron chi connectivity index (χ3n) is 1.96. The molecular formula is C10H16ClN3O. The molecule has 0 unspecified atom stereocenters. The monoisotopic (exact) mass is 229 g/mol. The Balaban J connectivity index is 2.13. The van der Waals surface area contributed by atoms with Crippen molar-refractivity contribution in [2.24, 2.45) is 0 Å². The van der Waals surface area contributed by atoms with Crippen molar-refractivity contribution in [2.75, 3.05) is 12.4 Å². The third kappa shape index (κ3) is 4.83. The summed E-state index contributed by atoms with van der Waals surface area (Å²) < 4.78 is 1.82. The molecule has 5 heteroatoms. The molecule has 0 aliphatic carbocycles. The second-order valence-corrected chi connectivity index (χ2v) is 3.80. The summed E-state index contributed by atoms with van der Waals surface area (Å²) in [6, 6.07) is 0. The van der Waals surface area contributed by atoms with E-state index in [1.165, 1.54) is 0 Å². The van der Waals surface area contributed by atoms with Crippen LogP contribution in [0.2, 0.25) is 0 Å². The molecule has 0 atom stereocenters. The number of nitrogens with zero attached hydrogens (tertiary/aromatic N) is 2. The molecule has 1 aromatic heterocycles. The van der Waals surface area contributed by atoms with Gasteiger partial charge in [-0.05, 0) is 18.9 Å². The highest BCUT2D eigenvalue weighted by molar-refractivity contribution is 6.17. The number of aryl methyl sites for hydroxylation is 1. The summed E-state index contributed by atoms with van der Waals surface area (Å²) >= 11 is 5.48. The van der Waals surface area contributed by atoms with Crippen LogP contribution in [0.4, 0.5) is 0 Å². The molecule has 0 aliphatic rings. The Hall–Kier alpha value is -1.03. The van der Waals surface area contributed by atoms with E-state index in [1.807, 2.05) is 17.8 Å². The van der Waals surface area contributed by atoms with Gasteiger partial charge in [0.1, 0.15) is 0 Å². The van der Waals surface area contributed by atoms with Crippen LogP contribution < -0.4 is 5.32 Å². The molecule has 0 aliphatic heterocycles. The molecule has 1 N–H and O–H groups in total. The summed E-state index contributed by atoms with van der Waals surface area (Å²) in [7, 11) is 0. The maximum atomic E-state index is 11.2. The number of halogens is 1. The SMILES string of the molecule is Cc1cnn(CCNC(=O)CCCCl)c1. The number of carbonyl (C=O) groups is 1. The van der Waals surface area contributed by atoms with Gasteiger partial charge in [-0.25, -0.2) is 0 Å². The zero-order valence-corrected chi connectivity index (χ0v) is 9.63. The molecule has 0 bridgehead atoms. The number of hydrogen-bond acceptors (Lipinski definition) is 2. The minimum absolute atomic E-state index is 0.0551. The number of aromatic nitrogens is 2. The van der Waals surface area contributed by atoms with Gasteiger partial charge in [-0.15, -0.1) is 11.6 Å². The lowest BCUT2D eigenvalue weighted by Gasteiger charge is -2.04. The van der Waals surface area contributed by atoms with Crippen molar-refractivity contribution >= 4 is 17.5 Å². The number of alkyl halides is 1. The highest BCUT2D eigenvalue weighted by atomic mass is 35.5. The average molecular weight is 230 g/mol. The summed E-state index contributed by atoms with van der Waals surface area (Å²) in [6.45, 7) is 3.31. The molecule has 0 aromatic carbocycles. The molecule has 15 heavy (non-hydrogen) atoms. The van der Waals surface area contributed by atoms with E-state index in [2.05, 4.69) is 10.4 Å². The van der Waals surface area contributed by atoms with Gasteiger partial charge in [-0.3, -0.25) is 9.48 Å². The topological polar surface area (TPSA) is 46.9 Å². The molecule has 1 rings (SSSR count). The van der Waals surface area contributed by atoms with Gasteiger partial charge in [0.2, 0.25) is 5.91 Å². The van der Waals surface area contributed by atoms with Crippen molar-refractivity contribution in [1.29, 1.82) is 0 Å². The first-order valence-corrected chi connectivity index (χ1v) is 5.57. The summed E-state index contributed by atoms with van der Waals surface area (Å²) in [5.74, 6) is 0.589. The largest absolute Gasteiger partial charge is 0.354 e. The molecule has 1 amide bonds. The fourth-order valence-electron chi connectivity index (χ4n) is 1.21. The molecule has 0 fully saturated rings. The normalized spacial score (nSPS) is 10.3. The van der Waals surface area contributed by atoms with Crippen molar-refractivity contribution in [3.05, 3.63) is 18.0 Å². The van der Waals surface area contributed by atoms with Gasteiger partial charge >= 0.3 is 0 Å². The summed E-state index contributed by atoms with van der Waals surface area (Å²) in [5, 5.41) is 6.94. The maximum Gasteiger partial charge on any atom is 0.220 e. The van der Waals surface area contributed by atoms with E-state index < -0.39 is 0 Å². The average Bonchev–Trinajstić information content (AvgIpc) is 2.61. The molecule has 1 aromatic rings. The van der Waals surface area contributed by atoms with Gasteiger partial charge in [0.25, 0.3) is 0 Å². The van der Waals surface area contributed by atoms with E-state index in [-0.39, 0.29) is 5.91 Å². The summed E-state index contributed by atoms with van der Waals surface area (Å²) in [6.07, 6.45) is 4.98. The number of amides is 1. The number of nitrogens with one attached hydrogen (secondary N) is 1. The van der Waals surface area contributed by atoms with Crippen molar-refractivity contribution in [1.82, 2.24) is 15.1 Å². The van der Waals surface area contributed by atoms with Gasteiger partial charge in [0.15, 0.2) is 0 Å². The molecule has 0 spiro atoms. The Bertz CT molecular complexity index is 311. The summed E-state index contributed by atoms with van der Waals surface area (Å²) in [4.78, 5) is 11.2. The van der Waals surface area contributed by atoms with Crippen LogP contribution in [0.3, 0.4) is 0 Å². The Labute approximate surface area is 94.6 Å². The zero-order chi connectivity index (χ0) is 11.1. The second kappa shape index (κ2) is 6.45. The minimum atomic E-state index is 0.0551. The fraction of sp³-hybridized carbons (Fsp3) is 0.600. The molecule has 84 valence electrons. The lowest BCUT2D eigenvalue weighted by Crippen LogP contribution is -2.27. The Morgan fingerprint density at radius 3 is 3.07 bits per heavy atom. The Kier molecular flexibility index (Phi) is 5.18. The number of carbonyl (C=O) groups excluding carboxylic acids is 1. The highest BCUT2D eigenvalue weighted by Gasteiger charge is 1.99. The lowest BCUT2D eigenvalue weighted by atomic mass is 10.3.